The normalized spacial score (nSPS) is 13.0. The van der Waals surface area contributed by atoms with E-state index in [9.17, 15) is 0 Å². The Hall–Kier alpha value is -1.95. The fourth-order valence-electron chi connectivity index (χ4n) is 2.29. The predicted molar refractivity (Wildman–Crippen MR) is 64.3 cm³/mol. The van der Waals surface area contributed by atoms with Gasteiger partial charge in [0.15, 0.2) is 0 Å². The van der Waals surface area contributed by atoms with Gasteiger partial charge in [-0.25, -0.2) is 4.98 Å². The number of ether oxygens (including phenoxy) is 1. The van der Waals surface area contributed by atoms with E-state index in [0.29, 0.717) is 12.6 Å². The van der Waals surface area contributed by atoms with Gasteiger partial charge in [0.2, 0.25) is 0 Å². The van der Waals surface area contributed by atoms with E-state index in [-0.39, 0.29) is 6.61 Å². The number of hydrogen-bond acceptors (Lipinski definition) is 5. The highest BCUT2D eigenvalue weighted by Gasteiger charge is 2.23. The molecule has 1 aliphatic carbocycles. The number of aromatic nitrogens is 4. The van der Waals surface area contributed by atoms with Crippen LogP contribution >= 0.6 is 0 Å². The van der Waals surface area contributed by atoms with Crippen LogP contribution in [0.1, 0.15) is 11.1 Å². The SMILES string of the molecule is COc1ncc2c(n1)-c1c(cnn1CCO)CC2. The van der Waals surface area contributed by atoms with Gasteiger partial charge in [-0.2, -0.15) is 10.1 Å². The molecule has 0 unspecified atom stereocenters. The molecule has 2 aromatic rings. The Labute approximate surface area is 104 Å². The van der Waals surface area contributed by atoms with Crippen molar-refractivity contribution in [3.63, 3.8) is 0 Å². The summed E-state index contributed by atoms with van der Waals surface area (Å²) >= 11 is 0. The largest absolute Gasteiger partial charge is 0.467 e. The minimum atomic E-state index is 0.0612. The second-order valence-electron chi connectivity index (χ2n) is 4.20. The molecule has 94 valence electrons. The van der Waals surface area contributed by atoms with Gasteiger partial charge in [-0.1, -0.05) is 0 Å². The quantitative estimate of drug-likeness (QED) is 0.850. The van der Waals surface area contributed by atoms with Crippen LogP contribution in [0.15, 0.2) is 12.4 Å². The van der Waals surface area contributed by atoms with E-state index in [2.05, 4.69) is 15.1 Å². The molecule has 0 bridgehead atoms. The molecule has 0 amide bonds. The Balaban J connectivity index is 2.15. The second-order valence-corrected chi connectivity index (χ2v) is 4.20. The Bertz CT molecular complexity index is 579. The van der Waals surface area contributed by atoms with Crippen LogP contribution in [0.2, 0.25) is 0 Å². The standard InChI is InChI=1S/C12H14N4O2/c1-18-12-13-6-8-2-3-9-7-14-16(4-5-17)11(9)10(8)15-12/h6-7,17H,2-5H2,1H3. The van der Waals surface area contributed by atoms with Gasteiger partial charge in [-0.15, -0.1) is 0 Å². The van der Waals surface area contributed by atoms with E-state index >= 15 is 0 Å². The summed E-state index contributed by atoms with van der Waals surface area (Å²) in [5.41, 5.74) is 4.11. The molecule has 2 aromatic heterocycles. The topological polar surface area (TPSA) is 73.1 Å². The third kappa shape index (κ3) is 1.65. The molecule has 0 saturated heterocycles. The number of aryl methyl sites for hydroxylation is 2. The summed E-state index contributed by atoms with van der Waals surface area (Å²) in [6, 6.07) is 0.360. The van der Waals surface area contributed by atoms with Gasteiger partial charge in [0.1, 0.15) is 0 Å². The molecule has 3 rings (SSSR count). The molecule has 0 fully saturated rings. The summed E-state index contributed by atoms with van der Waals surface area (Å²) in [4.78, 5) is 8.54. The minimum Gasteiger partial charge on any atom is -0.467 e. The predicted octanol–water partition coefficient (Wildman–Crippen LogP) is 0.440. The molecule has 1 aliphatic rings. The van der Waals surface area contributed by atoms with Crippen molar-refractivity contribution < 1.29 is 9.84 Å². The van der Waals surface area contributed by atoms with Gasteiger partial charge in [0.25, 0.3) is 0 Å². The zero-order chi connectivity index (χ0) is 12.5. The average molecular weight is 246 g/mol. The molecular formula is C12H14N4O2. The van der Waals surface area contributed by atoms with Crippen LogP contribution < -0.4 is 4.74 Å². The molecular weight excluding hydrogens is 232 g/mol. The minimum absolute atomic E-state index is 0.0612. The van der Waals surface area contributed by atoms with Gasteiger partial charge >= 0.3 is 6.01 Å². The molecule has 0 radical (unpaired) electrons. The van der Waals surface area contributed by atoms with E-state index in [0.717, 1.165) is 35.4 Å². The Morgan fingerprint density at radius 2 is 2.17 bits per heavy atom. The first-order valence-electron chi connectivity index (χ1n) is 5.89. The molecule has 0 aromatic carbocycles. The number of aliphatic hydroxyl groups excluding tert-OH is 1. The second kappa shape index (κ2) is 4.38. The lowest BCUT2D eigenvalue weighted by atomic mass is 9.95. The first-order chi connectivity index (χ1) is 8.83. The molecule has 0 atom stereocenters. The van der Waals surface area contributed by atoms with Crippen LogP contribution in [-0.2, 0) is 19.4 Å². The number of aliphatic hydroxyl groups is 1. The summed E-state index contributed by atoms with van der Waals surface area (Å²) in [6.07, 6.45) is 5.50. The third-order valence-electron chi connectivity index (χ3n) is 3.14. The molecule has 6 heteroatoms. The Morgan fingerprint density at radius 3 is 2.94 bits per heavy atom. The van der Waals surface area contributed by atoms with Crippen molar-refractivity contribution in [1.29, 1.82) is 0 Å². The van der Waals surface area contributed by atoms with E-state index in [1.807, 2.05) is 6.20 Å². The molecule has 1 N–H and O–H groups in total. The van der Waals surface area contributed by atoms with Crippen molar-refractivity contribution in [2.45, 2.75) is 19.4 Å². The van der Waals surface area contributed by atoms with Crippen molar-refractivity contribution in [1.82, 2.24) is 19.7 Å². The Kier molecular flexibility index (Phi) is 2.71. The summed E-state index contributed by atoms with van der Waals surface area (Å²) in [6.45, 7) is 0.534. The van der Waals surface area contributed by atoms with Crippen molar-refractivity contribution in [3.8, 4) is 17.4 Å². The van der Waals surface area contributed by atoms with Crippen molar-refractivity contribution in [2.75, 3.05) is 13.7 Å². The highest BCUT2D eigenvalue weighted by Crippen LogP contribution is 2.32. The third-order valence-corrected chi connectivity index (χ3v) is 3.14. The van der Waals surface area contributed by atoms with Gasteiger partial charge in [0.05, 0.1) is 37.8 Å². The summed E-state index contributed by atoms with van der Waals surface area (Å²) in [7, 11) is 1.55. The lowest BCUT2D eigenvalue weighted by Gasteiger charge is -2.17. The number of hydrogen-bond donors (Lipinski definition) is 1. The van der Waals surface area contributed by atoms with E-state index in [1.165, 1.54) is 0 Å². The lowest BCUT2D eigenvalue weighted by molar-refractivity contribution is 0.270. The first-order valence-corrected chi connectivity index (χ1v) is 5.89. The zero-order valence-corrected chi connectivity index (χ0v) is 10.1. The summed E-state index contributed by atoms with van der Waals surface area (Å²) in [5.74, 6) is 0. The number of rotatable bonds is 3. The highest BCUT2D eigenvalue weighted by atomic mass is 16.5. The number of nitrogens with zero attached hydrogens (tertiary/aromatic N) is 4. The molecule has 6 nitrogen and oxygen atoms in total. The monoisotopic (exact) mass is 246 g/mol. The number of methoxy groups -OCH3 is 1. The van der Waals surface area contributed by atoms with Crippen LogP contribution in [0, 0.1) is 0 Å². The summed E-state index contributed by atoms with van der Waals surface area (Å²) < 4.78 is 6.86. The van der Waals surface area contributed by atoms with Gasteiger partial charge in [-0.3, -0.25) is 4.68 Å². The van der Waals surface area contributed by atoms with Crippen molar-refractivity contribution >= 4 is 0 Å². The van der Waals surface area contributed by atoms with Crippen LogP contribution in [0.3, 0.4) is 0 Å². The van der Waals surface area contributed by atoms with Crippen LogP contribution in [0.25, 0.3) is 11.4 Å². The zero-order valence-electron chi connectivity index (χ0n) is 10.1. The smallest absolute Gasteiger partial charge is 0.316 e. The van der Waals surface area contributed by atoms with Gasteiger partial charge in [0, 0.05) is 11.8 Å². The maximum atomic E-state index is 9.07. The van der Waals surface area contributed by atoms with Crippen molar-refractivity contribution in [2.24, 2.45) is 0 Å². The molecule has 18 heavy (non-hydrogen) atoms. The maximum absolute atomic E-state index is 9.07. The van der Waals surface area contributed by atoms with Crippen LogP contribution in [-0.4, -0.2) is 38.6 Å². The van der Waals surface area contributed by atoms with Crippen LogP contribution in [0.5, 0.6) is 6.01 Å². The van der Waals surface area contributed by atoms with E-state index in [1.54, 1.807) is 18.0 Å². The molecule has 2 heterocycles. The molecule has 0 aliphatic heterocycles. The highest BCUT2D eigenvalue weighted by molar-refractivity contribution is 5.65. The Morgan fingerprint density at radius 1 is 1.33 bits per heavy atom. The van der Waals surface area contributed by atoms with Crippen molar-refractivity contribution in [3.05, 3.63) is 23.5 Å². The fraction of sp³-hybridized carbons (Fsp3) is 0.417. The summed E-state index contributed by atoms with van der Waals surface area (Å²) in [5, 5.41) is 13.4. The first kappa shape index (κ1) is 11.2. The average Bonchev–Trinajstić information content (AvgIpc) is 2.82. The van der Waals surface area contributed by atoms with E-state index < -0.39 is 0 Å². The van der Waals surface area contributed by atoms with Crippen LogP contribution in [0.4, 0.5) is 0 Å². The maximum Gasteiger partial charge on any atom is 0.316 e. The lowest BCUT2D eigenvalue weighted by Crippen LogP contribution is -2.12. The molecule has 0 spiro atoms. The van der Waals surface area contributed by atoms with Gasteiger partial charge in [-0.05, 0) is 18.4 Å². The number of fused-ring (bicyclic) bond motifs is 3. The van der Waals surface area contributed by atoms with Gasteiger partial charge < -0.3 is 9.84 Å². The molecule has 0 saturated carbocycles. The van der Waals surface area contributed by atoms with E-state index in [4.69, 9.17) is 9.84 Å². The fourth-order valence-corrected chi connectivity index (χ4v) is 2.29.